The smallest absolute Gasteiger partial charge is 0.272 e. The molecule has 122 valence electrons. The summed E-state index contributed by atoms with van der Waals surface area (Å²) >= 11 is 0.963. The van der Waals surface area contributed by atoms with Crippen LogP contribution in [-0.4, -0.2) is 28.0 Å². The number of carbonyl (C=O) groups excluding carboxylic acids is 2. The van der Waals surface area contributed by atoms with E-state index in [1.165, 1.54) is 12.3 Å². The minimum Gasteiger partial charge on any atom is -0.272 e. The zero-order valence-corrected chi connectivity index (χ0v) is 13.3. The lowest BCUT2D eigenvalue weighted by Crippen LogP contribution is -2.40. The number of rotatable bonds is 3. The second-order valence-corrected chi connectivity index (χ2v) is 7.91. The van der Waals surface area contributed by atoms with Gasteiger partial charge >= 0.3 is 5.00 Å². The van der Waals surface area contributed by atoms with Crippen molar-refractivity contribution in [3.05, 3.63) is 39.3 Å². The second-order valence-electron chi connectivity index (χ2n) is 6.82. The van der Waals surface area contributed by atoms with E-state index in [9.17, 15) is 19.7 Å². The Morgan fingerprint density at radius 1 is 1.17 bits per heavy atom. The van der Waals surface area contributed by atoms with Gasteiger partial charge in [0.05, 0.1) is 27.9 Å². The second kappa shape index (κ2) is 4.60. The highest BCUT2D eigenvalue weighted by atomic mass is 32.1. The maximum absolute atomic E-state index is 12.7. The standard InChI is InChI=1S/C16H13N3O4S/c20-15-13-8-2-3-9(11-5-10(8)11)14(13)16(21)18(15)17-6-7-1-4-12(24-7)19(22)23/h1-4,6,8-11,13-14H,5H2/b17-6+/t8-,9-,10-,11-,13+,14+/m1/s1. The number of hydrogen-bond acceptors (Lipinski definition) is 6. The van der Waals surface area contributed by atoms with E-state index >= 15 is 0 Å². The van der Waals surface area contributed by atoms with E-state index in [4.69, 9.17) is 0 Å². The summed E-state index contributed by atoms with van der Waals surface area (Å²) in [5, 5.41) is 15.8. The summed E-state index contributed by atoms with van der Waals surface area (Å²) in [6, 6.07) is 2.95. The Kier molecular flexibility index (Phi) is 2.69. The molecule has 2 saturated carbocycles. The van der Waals surface area contributed by atoms with Crippen molar-refractivity contribution in [2.45, 2.75) is 6.42 Å². The van der Waals surface area contributed by atoms with Crippen LogP contribution >= 0.6 is 11.3 Å². The van der Waals surface area contributed by atoms with Gasteiger partial charge in [-0.2, -0.15) is 10.1 Å². The van der Waals surface area contributed by atoms with E-state index in [0.29, 0.717) is 16.7 Å². The van der Waals surface area contributed by atoms with Crippen LogP contribution in [0.15, 0.2) is 29.4 Å². The Balaban J connectivity index is 1.42. The number of carbonyl (C=O) groups is 2. The molecule has 0 spiro atoms. The number of allylic oxidation sites excluding steroid dienone is 2. The van der Waals surface area contributed by atoms with Gasteiger partial charge in [0, 0.05) is 6.07 Å². The van der Waals surface area contributed by atoms with Crippen LogP contribution < -0.4 is 0 Å². The van der Waals surface area contributed by atoms with Crippen LogP contribution in [0, 0.1) is 45.6 Å². The van der Waals surface area contributed by atoms with Crippen LogP contribution in [0.1, 0.15) is 11.3 Å². The largest absolute Gasteiger partial charge is 0.324 e. The zero-order chi connectivity index (χ0) is 16.6. The first-order chi connectivity index (χ1) is 11.6. The van der Waals surface area contributed by atoms with E-state index in [2.05, 4.69) is 17.3 Å². The molecule has 7 nitrogen and oxygen atoms in total. The molecule has 0 aromatic carbocycles. The molecule has 5 aliphatic rings. The lowest BCUT2D eigenvalue weighted by atomic mass is 9.63. The number of amides is 2. The molecule has 3 fully saturated rings. The molecule has 24 heavy (non-hydrogen) atoms. The summed E-state index contributed by atoms with van der Waals surface area (Å²) in [5.74, 6) is 0.462. The maximum atomic E-state index is 12.7. The average Bonchev–Trinajstić information content (AvgIpc) is 3.20. The molecule has 1 aromatic heterocycles. The molecule has 4 aliphatic carbocycles. The number of thiophene rings is 1. The number of hydrogen-bond donors (Lipinski definition) is 0. The number of imide groups is 1. The molecular formula is C16H13N3O4S. The predicted molar refractivity (Wildman–Crippen MR) is 85.1 cm³/mol. The van der Waals surface area contributed by atoms with E-state index in [-0.39, 0.29) is 40.5 Å². The van der Waals surface area contributed by atoms with E-state index in [1.807, 2.05) is 0 Å². The molecule has 0 radical (unpaired) electrons. The van der Waals surface area contributed by atoms with Gasteiger partial charge in [-0.25, -0.2) is 0 Å². The Morgan fingerprint density at radius 2 is 1.79 bits per heavy atom. The molecule has 6 atom stereocenters. The zero-order valence-electron chi connectivity index (χ0n) is 12.4. The summed E-state index contributed by atoms with van der Waals surface area (Å²) in [6.07, 6.45) is 6.71. The Labute approximate surface area is 140 Å². The Hall–Kier alpha value is -2.35. The SMILES string of the molecule is O=C1[C@H]2[C@@H]3C=C[C@H]([C@H]4C[C@H]34)[C@@H]2C(=O)N1/N=C/c1ccc([N+](=O)[O-])s1. The first-order valence-corrected chi connectivity index (χ1v) is 8.72. The minimum absolute atomic E-state index is 0.00604. The number of nitrogens with zero attached hydrogens (tertiary/aromatic N) is 3. The van der Waals surface area contributed by atoms with E-state index < -0.39 is 4.92 Å². The normalized spacial score (nSPS) is 38.8. The molecule has 6 rings (SSSR count). The first kappa shape index (κ1) is 14.0. The monoisotopic (exact) mass is 343 g/mol. The third-order valence-electron chi connectivity index (χ3n) is 5.73. The van der Waals surface area contributed by atoms with Crippen molar-refractivity contribution < 1.29 is 14.5 Å². The molecule has 8 heteroatoms. The fourth-order valence-electron chi connectivity index (χ4n) is 4.68. The van der Waals surface area contributed by atoms with Crippen LogP contribution in [0.25, 0.3) is 0 Å². The fourth-order valence-corrected chi connectivity index (χ4v) is 5.37. The van der Waals surface area contributed by atoms with Crippen molar-refractivity contribution in [2.24, 2.45) is 40.6 Å². The molecular weight excluding hydrogens is 330 g/mol. The third kappa shape index (κ3) is 1.74. The lowest BCUT2D eigenvalue weighted by molar-refractivity contribution is -0.380. The van der Waals surface area contributed by atoms with Gasteiger partial charge in [-0.3, -0.25) is 19.7 Å². The number of hydrazone groups is 1. The average molecular weight is 343 g/mol. The van der Waals surface area contributed by atoms with Crippen LogP contribution in [-0.2, 0) is 9.59 Å². The molecule has 0 unspecified atom stereocenters. The molecule has 1 saturated heterocycles. The van der Waals surface area contributed by atoms with Crippen molar-refractivity contribution in [1.29, 1.82) is 0 Å². The van der Waals surface area contributed by atoms with Gasteiger partial charge in [0.25, 0.3) is 11.8 Å². The van der Waals surface area contributed by atoms with Crippen LogP contribution in [0.5, 0.6) is 0 Å². The molecule has 2 bridgehead atoms. The van der Waals surface area contributed by atoms with Gasteiger partial charge in [-0.15, -0.1) is 0 Å². The fraction of sp³-hybridized carbons (Fsp3) is 0.438. The van der Waals surface area contributed by atoms with Gasteiger partial charge < -0.3 is 0 Å². The summed E-state index contributed by atoms with van der Waals surface area (Å²) < 4.78 is 0. The van der Waals surface area contributed by atoms with Crippen LogP contribution in [0.3, 0.4) is 0 Å². The summed E-state index contributed by atoms with van der Waals surface area (Å²) in [5.41, 5.74) is 0. The quantitative estimate of drug-likeness (QED) is 0.276. The van der Waals surface area contributed by atoms with Gasteiger partial charge in [-0.05, 0) is 36.2 Å². The van der Waals surface area contributed by atoms with Gasteiger partial charge in [0.1, 0.15) is 0 Å². The predicted octanol–water partition coefficient (Wildman–Crippen LogP) is 2.04. The highest BCUT2D eigenvalue weighted by Gasteiger charge is 2.67. The van der Waals surface area contributed by atoms with Gasteiger partial charge in [0.2, 0.25) is 0 Å². The topological polar surface area (TPSA) is 92.9 Å². The summed E-state index contributed by atoms with van der Waals surface area (Å²) in [7, 11) is 0. The molecule has 0 N–H and O–H groups in total. The van der Waals surface area contributed by atoms with Crippen molar-refractivity contribution in [3.63, 3.8) is 0 Å². The van der Waals surface area contributed by atoms with Crippen LogP contribution in [0.4, 0.5) is 5.00 Å². The lowest BCUT2D eigenvalue weighted by Gasteiger charge is -2.37. The Morgan fingerprint density at radius 3 is 2.33 bits per heavy atom. The third-order valence-corrected chi connectivity index (χ3v) is 6.70. The minimum atomic E-state index is -0.474. The van der Waals surface area contributed by atoms with Crippen molar-refractivity contribution in [3.8, 4) is 0 Å². The highest BCUT2D eigenvalue weighted by Crippen LogP contribution is 2.65. The van der Waals surface area contributed by atoms with Crippen molar-refractivity contribution in [1.82, 2.24) is 5.01 Å². The molecule has 2 heterocycles. The summed E-state index contributed by atoms with van der Waals surface area (Å²) in [6.45, 7) is 0. The summed E-state index contributed by atoms with van der Waals surface area (Å²) in [4.78, 5) is 36.2. The first-order valence-electron chi connectivity index (χ1n) is 7.90. The van der Waals surface area contributed by atoms with Crippen molar-refractivity contribution >= 4 is 34.4 Å². The van der Waals surface area contributed by atoms with Crippen LogP contribution in [0.2, 0.25) is 0 Å². The highest BCUT2D eigenvalue weighted by molar-refractivity contribution is 7.16. The van der Waals surface area contributed by atoms with Gasteiger partial charge in [-0.1, -0.05) is 23.5 Å². The van der Waals surface area contributed by atoms with E-state index in [0.717, 1.165) is 22.8 Å². The molecule has 1 aromatic rings. The number of nitro groups is 1. The van der Waals surface area contributed by atoms with E-state index in [1.54, 1.807) is 6.07 Å². The molecule has 2 amide bonds. The Bertz CT molecular complexity index is 808. The maximum Gasteiger partial charge on any atom is 0.324 e. The molecule has 1 aliphatic heterocycles. The van der Waals surface area contributed by atoms with Gasteiger partial charge in [0.15, 0.2) is 0 Å². The van der Waals surface area contributed by atoms with Crippen molar-refractivity contribution in [2.75, 3.05) is 0 Å².